The monoisotopic (exact) mass is 265 g/mol. The molecular weight excluding hydrogens is 249 g/mol. The maximum Gasteiger partial charge on any atom is 0.173 e. The molecule has 0 radical (unpaired) electrons. The Bertz CT molecular complexity index is 557. The number of benzene rings is 1. The Morgan fingerprint density at radius 1 is 1.47 bits per heavy atom. The van der Waals surface area contributed by atoms with Gasteiger partial charge in [0.15, 0.2) is 17.4 Å². The molecule has 0 saturated carbocycles. The Morgan fingerprint density at radius 3 is 2.89 bits per heavy atom. The molecule has 0 saturated heterocycles. The van der Waals surface area contributed by atoms with Crippen LogP contribution in [0.25, 0.3) is 5.69 Å². The Morgan fingerprint density at radius 2 is 2.26 bits per heavy atom. The van der Waals surface area contributed by atoms with Crippen LogP contribution >= 0.6 is 0 Å². The van der Waals surface area contributed by atoms with Crippen LogP contribution in [-0.2, 0) is 0 Å². The topological polar surface area (TPSA) is 64.9 Å². The van der Waals surface area contributed by atoms with E-state index in [0.717, 1.165) is 6.54 Å². The first-order valence-electron chi connectivity index (χ1n) is 6.03. The number of ether oxygens (including phenoxy) is 1. The number of hydrogen-bond donors (Lipinski definition) is 1. The third-order valence-electron chi connectivity index (χ3n) is 2.77. The molecule has 1 aromatic heterocycles. The molecule has 0 aliphatic heterocycles. The predicted octanol–water partition coefficient (Wildman–Crippen LogP) is 1.48. The number of methoxy groups -OCH3 is 1. The van der Waals surface area contributed by atoms with E-state index in [0.29, 0.717) is 11.5 Å². The number of nitrogens with zero attached hydrogens (tertiary/aromatic N) is 4. The number of nitrogens with one attached hydrogen (secondary N) is 1. The normalized spacial score (nSPS) is 12.4. The molecule has 6 nitrogen and oxygen atoms in total. The molecule has 19 heavy (non-hydrogen) atoms. The van der Waals surface area contributed by atoms with Crippen molar-refractivity contribution < 1.29 is 9.13 Å². The minimum atomic E-state index is -0.447. The van der Waals surface area contributed by atoms with Gasteiger partial charge in [-0.3, -0.25) is 0 Å². The maximum atomic E-state index is 13.7. The van der Waals surface area contributed by atoms with Crippen molar-refractivity contribution in [2.75, 3.05) is 13.7 Å². The van der Waals surface area contributed by atoms with Gasteiger partial charge in [-0.2, -0.15) is 4.68 Å². The summed E-state index contributed by atoms with van der Waals surface area (Å²) in [6.45, 7) is 4.74. The highest BCUT2D eigenvalue weighted by molar-refractivity contribution is 5.38. The third kappa shape index (κ3) is 2.70. The molecule has 0 aliphatic carbocycles. The first-order valence-corrected chi connectivity index (χ1v) is 6.03. The highest BCUT2D eigenvalue weighted by Gasteiger charge is 2.15. The minimum absolute atomic E-state index is 0.0230. The summed E-state index contributed by atoms with van der Waals surface area (Å²) in [5.41, 5.74) is 0.558. The predicted molar refractivity (Wildman–Crippen MR) is 67.8 cm³/mol. The molecule has 1 N–H and O–H groups in total. The van der Waals surface area contributed by atoms with Gasteiger partial charge in [0.1, 0.15) is 0 Å². The van der Waals surface area contributed by atoms with Crippen LogP contribution in [0.15, 0.2) is 18.2 Å². The summed E-state index contributed by atoms with van der Waals surface area (Å²) in [6, 6.07) is 4.58. The van der Waals surface area contributed by atoms with E-state index in [2.05, 4.69) is 20.8 Å². The van der Waals surface area contributed by atoms with Crippen LogP contribution in [0.4, 0.5) is 4.39 Å². The van der Waals surface area contributed by atoms with E-state index in [1.807, 2.05) is 13.8 Å². The van der Waals surface area contributed by atoms with Crippen molar-refractivity contribution in [1.82, 2.24) is 25.5 Å². The molecule has 1 atom stereocenters. The fourth-order valence-electron chi connectivity index (χ4n) is 1.83. The highest BCUT2D eigenvalue weighted by Crippen LogP contribution is 2.21. The summed E-state index contributed by atoms with van der Waals surface area (Å²) in [5, 5.41) is 14.7. The standard InChI is InChI=1S/C12H16FN5O/c1-4-14-8(2)12-15-16-17-18(12)9-5-6-11(19-3)10(13)7-9/h5-8,14H,4H2,1-3H3. The van der Waals surface area contributed by atoms with E-state index in [1.54, 1.807) is 12.1 Å². The zero-order valence-electron chi connectivity index (χ0n) is 11.1. The molecule has 102 valence electrons. The second kappa shape index (κ2) is 5.75. The van der Waals surface area contributed by atoms with E-state index >= 15 is 0 Å². The smallest absolute Gasteiger partial charge is 0.173 e. The number of halogens is 1. The van der Waals surface area contributed by atoms with E-state index in [1.165, 1.54) is 17.9 Å². The zero-order valence-corrected chi connectivity index (χ0v) is 11.1. The van der Waals surface area contributed by atoms with Gasteiger partial charge in [-0.1, -0.05) is 6.92 Å². The van der Waals surface area contributed by atoms with Crippen molar-refractivity contribution in [1.29, 1.82) is 0 Å². The first-order chi connectivity index (χ1) is 9.17. The molecule has 1 aromatic carbocycles. The van der Waals surface area contributed by atoms with Crippen LogP contribution in [0.3, 0.4) is 0 Å². The number of tetrazole rings is 1. The van der Waals surface area contributed by atoms with Gasteiger partial charge in [0.25, 0.3) is 0 Å². The summed E-state index contributed by atoms with van der Waals surface area (Å²) in [5.74, 6) is 0.377. The number of rotatable bonds is 5. The number of aromatic nitrogens is 4. The van der Waals surface area contributed by atoms with Crippen molar-refractivity contribution in [3.8, 4) is 11.4 Å². The fourth-order valence-corrected chi connectivity index (χ4v) is 1.83. The summed E-state index contributed by atoms with van der Waals surface area (Å²) in [6.07, 6.45) is 0. The molecule has 0 bridgehead atoms. The molecule has 0 spiro atoms. The van der Waals surface area contributed by atoms with Gasteiger partial charge < -0.3 is 10.1 Å². The second-order valence-electron chi connectivity index (χ2n) is 4.05. The van der Waals surface area contributed by atoms with Crippen molar-refractivity contribution in [3.63, 3.8) is 0 Å². The summed E-state index contributed by atoms with van der Waals surface area (Å²) in [7, 11) is 1.42. The highest BCUT2D eigenvalue weighted by atomic mass is 19.1. The lowest BCUT2D eigenvalue weighted by Gasteiger charge is -2.12. The largest absolute Gasteiger partial charge is 0.494 e. The Balaban J connectivity index is 2.37. The first kappa shape index (κ1) is 13.4. The molecule has 0 amide bonds. The lowest BCUT2D eigenvalue weighted by atomic mass is 10.2. The Hall–Kier alpha value is -2.02. The van der Waals surface area contributed by atoms with Crippen LogP contribution in [0.2, 0.25) is 0 Å². The summed E-state index contributed by atoms with van der Waals surface area (Å²) in [4.78, 5) is 0. The molecule has 1 heterocycles. The van der Waals surface area contributed by atoms with Gasteiger partial charge in [-0.15, -0.1) is 5.10 Å². The molecule has 2 aromatic rings. The van der Waals surface area contributed by atoms with Gasteiger partial charge in [0.2, 0.25) is 0 Å². The van der Waals surface area contributed by atoms with Gasteiger partial charge in [0.05, 0.1) is 18.8 Å². The second-order valence-corrected chi connectivity index (χ2v) is 4.05. The van der Waals surface area contributed by atoms with Gasteiger partial charge in [0, 0.05) is 6.07 Å². The molecule has 2 rings (SSSR count). The average molecular weight is 265 g/mol. The number of hydrogen-bond acceptors (Lipinski definition) is 5. The van der Waals surface area contributed by atoms with Gasteiger partial charge in [-0.05, 0) is 36.0 Å². The van der Waals surface area contributed by atoms with Gasteiger partial charge >= 0.3 is 0 Å². The lowest BCUT2D eigenvalue weighted by Crippen LogP contribution is -2.21. The molecular formula is C12H16FN5O. The van der Waals surface area contributed by atoms with Crippen LogP contribution in [0.1, 0.15) is 25.7 Å². The van der Waals surface area contributed by atoms with E-state index in [-0.39, 0.29) is 11.8 Å². The van der Waals surface area contributed by atoms with E-state index in [4.69, 9.17) is 4.74 Å². The molecule has 0 aliphatic rings. The molecule has 0 fully saturated rings. The molecule has 7 heteroatoms. The van der Waals surface area contributed by atoms with Crippen molar-refractivity contribution in [3.05, 3.63) is 29.8 Å². The van der Waals surface area contributed by atoms with Crippen LogP contribution in [-0.4, -0.2) is 33.9 Å². The van der Waals surface area contributed by atoms with Crippen molar-refractivity contribution in [2.45, 2.75) is 19.9 Å². The Labute approximate surface area is 110 Å². The minimum Gasteiger partial charge on any atom is -0.494 e. The lowest BCUT2D eigenvalue weighted by molar-refractivity contribution is 0.386. The van der Waals surface area contributed by atoms with Crippen molar-refractivity contribution >= 4 is 0 Å². The average Bonchev–Trinajstić information content (AvgIpc) is 2.88. The van der Waals surface area contributed by atoms with E-state index in [9.17, 15) is 4.39 Å². The summed E-state index contributed by atoms with van der Waals surface area (Å²) >= 11 is 0. The zero-order chi connectivity index (χ0) is 13.8. The maximum absolute atomic E-state index is 13.7. The van der Waals surface area contributed by atoms with Gasteiger partial charge in [-0.25, -0.2) is 4.39 Å². The van der Waals surface area contributed by atoms with Crippen LogP contribution < -0.4 is 10.1 Å². The third-order valence-corrected chi connectivity index (χ3v) is 2.77. The SMILES string of the molecule is CCNC(C)c1nnnn1-c1ccc(OC)c(F)c1. The Kier molecular flexibility index (Phi) is 4.06. The van der Waals surface area contributed by atoms with E-state index < -0.39 is 5.82 Å². The van der Waals surface area contributed by atoms with Crippen LogP contribution in [0.5, 0.6) is 5.75 Å². The summed E-state index contributed by atoms with van der Waals surface area (Å²) < 4.78 is 20.1. The quantitative estimate of drug-likeness (QED) is 0.887. The fraction of sp³-hybridized carbons (Fsp3) is 0.417. The van der Waals surface area contributed by atoms with Crippen LogP contribution in [0, 0.1) is 5.82 Å². The van der Waals surface area contributed by atoms with Crippen molar-refractivity contribution in [2.24, 2.45) is 0 Å². The molecule has 1 unspecified atom stereocenters.